The van der Waals surface area contributed by atoms with Crippen LogP contribution in [0.3, 0.4) is 0 Å². The lowest BCUT2D eigenvalue weighted by Crippen LogP contribution is -2.10. The molecule has 2 aromatic rings. The maximum Gasteiger partial charge on any atom is 0.119 e. The summed E-state index contributed by atoms with van der Waals surface area (Å²) in [4.78, 5) is 0. The first-order valence-corrected chi connectivity index (χ1v) is 5.54. The topological polar surface area (TPSA) is 63.9 Å². The third-order valence-electron chi connectivity index (χ3n) is 2.51. The van der Waals surface area contributed by atoms with E-state index in [1.54, 1.807) is 6.20 Å². The van der Waals surface area contributed by atoms with Crippen molar-refractivity contribution in [2.75, 3.05) is 13.2 Å². The van der Waals surface area contributed by atoms with E-state index in [2.05, 4.69) is 10.2 Å². The van der Waals surface area contributed by atoms with Crippen molar-refractivity contribution in [2.24, 2.45) is 5.73 Å². The van der Waals surface area contributed by atoms with Gasteiger partial charge in [-0.2, -0.15) is 5.10 Å². The van der Waals surface area contributed by atoms with Crippen LogP contribution in [-0.4, -0.2) is 23.3 Å². The highest BCUT2D eigenvalue weighted by molar-refractivity contribution is 5.85. The van der Waals surface area contributed by atoms with E-state index in [0.717, 1.165) is 11.3 Å². The molecule has 0 bridgehead atoms. The summed E-state index contributed by atoms with van der Waals surface area (Å²) in [6, 6.07) is 9.34. The molecule has 0 spiro atoms. The lowest BCUT2D eigenvalue weighted by atomic mass is 10.1. The van der Waals surface area contributed by atoms with E-state index in [1.807, 2.05) is 30.3 Å². The summed E-state index contributed by atoms with van der Waals surface area (Å²) in [5.41, 5.74) is 7.71. The molecule has 102 valence electrons. The SMILES string of the molecule is Cl.NC/C(=C\F)COc1ccc(-c2ccn[nH]2)cc1. The summed E-state index contributed by atoms with van der Waals surface area (Å²) in [6.45, 7) is 0.319. The second-order valence-corrected chi connectivity index (χ2v) is 3.75. The summed E-state index contributed by atoms with van der Waals surface area (Å²) in [5, 5.41) is 6.76. The van der Waals surface area contributed by atoms with E-state index in [4.69, 9.17) is 10.5 Å². The number of ether oxygens (including phenoxy) is 1. The average molecular weight is 284 g/mol. The maximum absolute atomic E-state index is 12.3. The Bertz CT molecular complexity index is 511. The molecular formula is C13H15ClFN3O. The highest BCUT2D eigenvalue weighted by Crippen LogP contribution is 2.20. The van der Waals surface area contributed by atoms with Crippen molar-refractivity contribution >= 4 is 12.4 Å². The first-order chi connectivity index (χ1) is 8.83. The van der Waals surface area contributed by atoms with Crippen molar-refractivity contribution < 1.29 is 9.13 Å². The number of nitrogens with zero attached hydrogens (tertiary/aromatic N) is 1. The first-order valence-electron chi connectivity index (χ1n) is 5.54. The number of nitrogens with two attached hydrogens (primary N) is 1. The largest absolute Gasteiger partial charge is 0.489 e. The molecule has 19 heavy (non-hydrogen) atoms. The molecule has 0 saturated heterocycles. The Balaban J connectivity index is 0.00000180. The van der Waals surface area contributed by atoms with Gasteiger partial charge in [-0.3, -0.25) is 5.10 Å². The van der Waals surface area contributed by atoms with E-state index in [-0.39, 0.29) is 25.6 Å². The van der Waals surface area contributed by atoms with Gasteiger partial charge in [0.1, 0.15) is 12.4 Å². The van der Waals surface area contributed by atoms with E-state index in [9.17, 15) is 4.39 Å². The Kier molecular flexibility index (Phi) is 6.05. The summed E-state index contributed by atoms with van der Waals surface area (Å²) in [6.07, 6.45) is 2.18. The molecule has 1 aromatic carbocycles. The molecule has 1 aromatic heterocycles. The van der Waals surface area contributed by atoms with Gasteiger partial charge in [-0.1, -0.05) is 0 Å². The molecule has 0 aliphatic rings. The fraction of sp³-hybridized carbons (Fsp3) is 0.154. The Hall–Kier alpha value is -1.85. The third kappa shape index (κ3) is 4.08. The number of H-pyrrole nitrogens is 1. The zero-order chi connectivity index (χ0) is 12.8. The molecule has 0 aliphatic heterocycles. The molecule has 0 amide bonds. The van der Waals surface area contributed by atoms with Crippen LogP contribution in [0.15, 0.2) is 48.4 Å². The van der Waals surface area contributed by atoms with Crippen molar-refractivity contribution in [1.29, 1.82) is 0 Å². The predicted molar refractivity (Wildman–Crippen MR) is 75.0 cm³/mol. The standard InChI is InChI=1S/C13H14FN3O.ClH/c14-7-10(8-15)9-18-12-3-1-11(2-4-12)13-5-6-16-17-13;/h1-7H,8-9,15H2,(H,16,17);1H/b10-7+;. The van der Waals surface area contributed by atoms with Gasteiger partial charge in [0.25, 0.3) is 0 Å². The Morgan fingerprint density at radius 2 is 2.05 bits per heavy atom. The number of hydrogen-bond donors (Lipinski definition) is 2. The average Bonchev–Trinajstić information content (AvgIpc) is 2.94. The zero-order valence-electron chi connectivity index (χ0n) is 10.2. The number of halogens is 2. The molecule has 4 nitrogen and oxygen atoms in total. The van der Waals surface area contributed by atoms with E-state index < -0.39 is 0 Å². The number of nitrogens with one attached hydrogen (secondary N) is 1. The molecular weight excluding hydrogens is 269 g/mol. The number of aromatic nitrogens is 2. The van der Waals surface area contributed by atoms with Gasteiger partial charge >= 0.3 is 0 Å². The van der Waals surface area contributed by atoms with Crippen LogP contribution in [0.1, 0.15) is 0 Å². The molecule has 6 heteroatoms. The van der Waals surface area contributed by atoms with Gasteiger partial charge in [-0.05, 0) is 35.9 Å². The van der Waals surface area contributed by atoms with E-state index in [0.29, 0.717) is 17.7 Å². The summed E-state index contributed by atoms with van der Waals surface area (Å²) < 4.78 is 17.7. The van der Waals surface area contributed by atoms with Crippen molar-refractivity contribution in [2.45, 2.75) is 0 Å². The smallest absolute Gasteiger partial charge is 0.119 e. The fourth-order valence-corrected chi connectivity index (χ4v) is 1.46. The number of benzene rings is 1. The summed E-state index contributed by atoms with van der Waals surface area (Å²) >= 11 is 0. The van der Waals surface area contributed by atoms with Crippen molar-refractivity contribution in [1.82, 2.24) is 10.2 Å². The lowest BCUT2D eigenvalue weighted by molar-refractivity contribution is 0.347. The molecule has 0 fully saturated rings. The second kappa shape index (κ2) is 7.56. The molecule has 2 rings (SSSR count). The molecule has 1 heterocycles. The van der Waals surface area contributed by atoms with Crippen LogP contribution < -0.4 is 10.5 Å². The van der Waals surface area contributed by atoms with Crippen LogP contribution in [-0.2, 0) is 0 Å². The molecule has 0 aliphatic carbocycles. The minimum Gasteiger partial charge on any atom is -0.489 e. The van der Waals surface area contributed by atoms with Gasteiger partial charge in [0.2, 0.25) is 0 Å². The Morgan fingerprint density at radius 1 is 1.32 bits per heavy atom. The molecule has 0 saturated carbocycles. The zero-order valence-corrected chi connectivity index (χ0v) is 11.0. The molecule has 0 radical (unpaired) electrons. The Labute approximate surface area is 116 Å². The monoisotopic (exact) mass is 283 g/mol. The van der Waals surface area contributed by atoms with Gasteiger partial charge < -0.3 is 10.5 Å². The van der Waals surface area contributed by atoms with Crippen LogP contribution in [0.5, 0.6) is 5.75 Å². The summed E-state index contributed by atoms with van der Waals surface area (Å²) in [5.74, 6) is 0.672. The van der Waals surface area contributed by atoms with Gasteiger partial charge in [-0.15, -0.1) is 12.4 Å². The predicted octanol–water partition coefficient (Wildman–Crippen LogP) is 2.69. The van der Waals surface area contributed by atoms with E-state index >= 15 is 0 Å². The number of aromatic amines is 1. The van der Waals surface area contributed by atoms with E-state index in [1.165, 1.54) is 0 Å². The van der Waals surface area contributed by atoms with Gasteiger partial charge in [-0.25, -0.2) is 4.39 Å². The minimum atomic E-state index is 0. The van der Waals surface area contributed by atoms with Crippen molar-refractivity contribution in [3.8, 4) is 17.0 Å². The fourth-order valence-electron chi connectivity index (χ4n) is 1.46. The van der Waals surface area contributed by atoms with Crippen LogP contribution >= 0.6 is 12.4 Å². The lowest BCUT2D eigenvalue weighted by Gasteiger charge is -2.07. The minimum absolute atomic E-state index is 0. The number of rotatable bonds is 5. The van der Waals surface area contributed by atoms with Crippen LogP contribution in [0.25, 0.3) is 11.3 Å². The van der Waals surface area contributed by atoms with Crippen LogP contribution in [0.2, 0.25) is 0 Å². The van der Waals surface area contributed by atoms with Crippen LogP contribution in [0, 0.1) is 0 Å². The van der Waals surface area contributed by atoms with Crippen molar-refractivity contribution in [3.05, 3.63) is 48.4 Å². The highest BCUT2D eigenvalue weighted by atomic mass is 35.5. The molecule has 0 atom stereocenters. The Morgan fingerprint density at radius 3 is 2.58 bits per heavy atom. The van der Waals surface area contributed by atoms with Gasteiger partial charge in [0, 0.05) is 18.3 Å². The normalized spacial score (nSPS) is 10.9. The highest BCUT2D eigenvalue weighted by Gasteiger charge is 2.01. The molecule has 0 unspecified atom stereocenters. The molecule has 3 N–H and O–H groups in total. The quantitative estimate of drug-likeness (QED) is 0.887. The summed E-state index contributed by atoms with van der Waals surface area (Å²) in [7, 11) is 0. The van der Waals surface area contributed by atoms with Gasteiger partial charge in [0.15, 0.2) is 0 Å². The second-order valence-electron chi connectivity index (χ2n) is 3.75. The third-order valence-corrected chi connectivity index (χ3v) is 2.51. The number of hydrogen-bond acceptors (Lipinski definition) is 3. The van der Waals surface area contributed by atoms with Gasteiger partial charge in [0.05, 0.1) is 12.0 Å². The first kappa shape index (κ1) is 15.2. The maximum atomic E-state index is 12.3. The van der Waals surface area contributed by atoms with Crippen molar-refractivity contribution in [3.63, 3.8) is 0 Å². The van der Waals surface area contributed by atoms with Crippen LogP contribution in [0.4, 0.5) is 4.39 Å².